The van der Waals surface area contributed by atoms with Gasteiger partial charge in [0.05, 0.1) is 19.1 Å². The van der Waals surface area contributed by atoms with Crippen LogP contribution < -0.4 is 15.4 Å². The zero-order chi connectivity index (χ0) is 15.5. The normalized spacial score (nSPS) is 19.4. The molecule has 124 valence electrons. The van der Waals surface area contributed by atoms with Crippen LogP contribution in [0.15, 0.2) is 18.2 Å². The van der Waals surface area contributed by atoms with Crippen molar-refractivity contribution < 1.29 is 27.1 Å². The van der Waals surface area contributed by atoms with Gasteiger partial charge < -0.3 is 10.1 Å². The molecule has 1 amide bonds. The van der Waals surface area contributed by atoms with E-state index in [0.29, 0.717) is 0 Å². The molecule has 1 atom stereocenters. The van der Waals surface area contributed by atoms with Crippen LogP contribution in [0.2, 0.25) is 0 Å². The summed E-state index contributed by atoms with van der Waals surface area (Å²) in [6, 6.07) is 2.13. The molecule has 1 aliphatic heterocycles. The van der Waals surface area contributed by atoms with E-state index in [4.69, 9.17) is 4.74 Å². The minimum absolute atomic E-state index is 0. The van der Waals surface area contributed by atoms with E-state index in [1.54, 1.807) is 0 Å². The first-order valence-electron chi connectivity index (χ1n) is 6.34. The SMILES string of the molecule is Cl.O=C(NCCOc1ccc(F)c(F)c1)C1CC(F)(F)CN1. The van der Waals surface area contributed by atoms with Gasteiger partial charge in [-0.15, -0.1) is 12.4 Å². The number of carbonyl (C=O) groups excluding carboxylic acids is 1. The first kappa shape index (κ1) is 18.5. The van der Waals surface area contributed by atoms with Gasteiger partial charge in [-0.05, 0) is 12.1 Å². The number of hydrogen-bond acceptors (Lipinski definition) is 3. The van der Waals surface area contributed by atoms with Crippen LogP contribution in [-0.2, 0) is 4.79 Å². The van der Waals surface area contributed by atoms with Crippen molar-refractivity contribution >= 4 is 18.3 Å². The maximum absolute atomic E-state index is 12.9. The predicted octanol–water partition coefficient (Wildman–Crippen LogP) is 1.88. The fourth-order valence-electron chi connectivity index (χ4n) is 1.93. The fraction of sp³-hybridized carbons (Fsp3) is 0.462. The van der Waals surface area contributed by atoms with E-state index in [9.17, 15) is 22.4 Å². The zero-order valence-corrected chi connectivity index (χ0v) is 12.2. The summed E-state index contributed by atoms with van der Waals surface area (Å²) in [4.78, 5) is 11.6. The Bertz CT molecular complexity index is 531. The number of carbonyl (C=O) groups is 1. The third-order valence-electron chi connectivity index (χ3n) is 2.99. The van der Waals surface area contributed by atoms with E-state index >= 15 is 0 Å². The summed E-state index contributed by atoms with van der Waals surface area (Å²) >= 11 is 0. The summed E-state index contributed by atoms with van der Waals surface area (Å²) in [6.07, 6.45) is -0.539. The van der Waals surface area contributed by atoms with Gasteiger partial charge in [-0.1, -0.05) is 0 Å². The summed E-state index contributed by atoms with van der Waals surface area (Å²) in [7, 11) is 0. The second kappa shape index (κ2) is 7.64. The summed E-state index contributed by atoms with van der Waals surface area (Å²) in [6.45, 7) is -0.433. The van der Waals surface area contributed by atoms with Gasteiger partial charge in [0.1, 0.15) is 12.4 Å². The van der Waals surface area contributed by atoms with Gasteiger partial charge in [-0.2, -0.15) is 0 Å². The highest BCUT2D eigenvalue weighted by molar-refractivity contribution is 5.85. The summed E-state index contributed by atoms with van der Waals surface area (Å²) < 4.78 is 56.5. The Kier molecular flexibility index (Phi) is 6.43. The number of alkyl halides is 2. The molecule has 1 unspecified atom stereocenters. The molecule has 0 radical (unpaired) electrons. The average Bonchev–Trinajstić information content (AvgIpc) is 2.79. The average molecular weight is 343 g/mol. The van der Waals surface area contributed by atoms with Crippen LogP contribution in [0.3, 0.4) is 0 Å². The predicted molar refractivity (Wildman–Crippen MR) is 73.5 cm³/mol. The lowest BCUT2D eigenvalue weighted by molar-refractivity contribution is -0.123. The van der Waals surface area contributed by atoms with Crippen LogP contribution >= 0.6 is 12.4 Å². The number of nitrogens with one attached hydrogen (secondary N) is 2. The topological polar surface area (TPSA) is 50.4 Å². The maximum atomic E-state index is 12.9. The summed E-state index contributed by atoms with van der Waals surface area (Å²) in [5.41, 5.74) is 0. The highest BCUT2D eigenvalue weighted by Gasteiger charge is 2.42. The van der Waals surface area contributed by atoms with E-state index in [2.05, 4.69) is 10.6 Å². The Morgan fingerprint density at radius 1 is 1.36 bits per heavy atom. The Labute approximate surface area is 130 Å². The van der Waals surface area contributed by atoms with Gasteiger partial charge in [0.25, 0.3) is 5.92 Å². The van der Waals surface area contributed by atoms with Gasteiger partial charge in [-0.25, -0.2) is 17.6 Å². The van der Waals surface area contributed by atoms with E-state index in [0.717, 1.165) is 12.1 Å². The lowest BCUT2D eigenvalue weighted by Crippen LogP contribution is -2.41. The standard InChI is InChI=1S/C13H14F4N2O2.ClH/c14-9-2-1-8(5-10(9)15)21-4-3-18-12(20)11-6-13(16,17)7-19-11;/h1-2,5,11,19H,3-4,6-7H2,(H,18,20);1H. The molecule has 1 aromatic rings. The summed E-state index contributed by atoms with van der Waals surface area (Å²) in [5.74, 6) is -5.31. The second-order valence-corrected chi connectivity index (χ2v) is 4.71. The highest BCUT2D eigenvalue weighted by Crippen LogP contribution is 2.24. The van der Waals surface area contributed by atoms with E-state index in [-0.39, 0.29) is 31.3 Å². The van der Waals surface area contributed by atoms with Gasteiger partial charge in [0.15, 0.2) is 11.6 Å². The van der Waals surface area contributed by atoms with Gasteiger partial charge in [-0.3, -0.25) is 10.1 Å². The van der Waals surface area contributed by atoms with Gasteiger partial charge >= 0.3 is 0 Å². The van der Waals surface area contributed by atoms with Crippen LogP contribution in [0.25, 0.3) is 0 Å². The Balaban J connectivity index is 0.00000242. The molecule has 0 bridgehead atoms. The fourth-order valence-corrected chi connectivity index (χ4v) is 1.93. The largest absolute Gasteiger partial charge is 0.492 e. The molecule has 0 spiro atoms. The Morgan fingerprint density at radius 3 is 2.68 bits per heavy atom. The molecule has 1 saturated heterocycles. The number of ether oxygens (including phenoxy) is 1. The summed E-state index contributed by atoms with van der Waals surface area (Å²) in [5, 5.41) is 4.86. The lowest BCUT2D eigenvalue weighted by atomic mass is 10.2. The van der Waals surface area contributed by atoms with Gasteiger partial charge in [0, 0.05) is 12.5 Å². The molecule has 2 N–H and O–H groups in total. The number of rotatable bonds is 5. The zero-order valence-electron chi connectivity index (χ0n) is 11.4. The minimum atomic E-state index is -2.87. The number of hydrogen-bond donors (Lipinski definition) is 2. The van der Waals surface area contributed by atoms with Crippen LogP contribution in [0, 0.1) is 11.6 Å². The quantitative estimate of drug-likeness (QED) is 0.634. The van der Waals surface area contributed by atoms with Crippen molar-refractivity contribution in [3.8, 4) is 5.75 Å². The Hall–Kier alpha value is -1.54. The van der Waals surface area contributed by atoms with Crippen molar-refractivity contribution in [1.82, 2.24) is 10.6 Å². The molecule has 2 rings (SSSR count). The number of amides is 1. The smallest absolute Gasteiger partial charge is 0.262 e. The molecule has 0 aliphatic carbocycles. The molecule has 4 nitrogen and oxygen atoms in total. The lowest BCUT2D eigenvalue weighted by Gasteiger charge is -2.12. The van der Waals surface area contributed by atoms with Crippen molar-refractivity contribution in [3.63, 3.8) is 0 Å². The molecule has 9 heteroatoms. The number of halogens is 5. The molecule has 0 aromatic heterocycles. The van der Waals surface area contributed by atoms with E-state index in [1.807, 2.05) is 0 Å². The van der Waals surface area contributed by atoms with Crippen LogP contribution in [0.4, 0.5) is 17.6 Å². The second-order valence-electron chi connectivity index (χ2n) is 4.71. The van der Waals surface area contributed by atoms with Crippen molar-refractivity contribution in [2.24, 2.45) is 0 Å². The third-order valence-corrected chi connectivity index (χ3v) is 2.99. The molecule has 0 saturated carbocycles. The third kappa shape index (κ3) is 5.03. The van der Waals surface area contributed by atoms with Crippen LogP contribution in [0.1, 0.15) is 6.42 Å². The van der Waals surface area contributed by atoms with Crippen LogP contribution in [0.5, 0.6) is 5.75 Å². The molecule has 22 heavy (non-hydrogen) atoms. The molecule has 1 aliphatic rings. The van der Waals surface area contributed by atoms with Gasteiger partial charge in [0.2, 0.25) is 5.91 Å². The first-order valence-corrected chi connectivity index (χ1v) is 6.34. The first-order chi connectivity index (χ1) is 9.87. The van der Waals surface area contributed by atoms with Crippen molar-refractivity contribution in [2.45, 2.75) is 18.4 Å². The monoisotopic (exact) mass is 342 g/mol. The van der Waals surface area contributed by atoms with Crippen molar-refractivity contribution in [2.75, 3.05) is 19.7 Å². The van der Waals surface area contributed by atoms with E-state index in [1.165, 1.54) is 6.07 Å². The van der Waals surface area contributed by atoms with E-state index < -0.39 is 42.5 Å². The molecule has 1 aromatic carbocycles. The molecular weight excluding hydrogens is 328 g/mol. The number of benzene rings is 1. The van der Waals surface area contributed by atoms with Crippen LogP contribution in [-0.4, -0.2) is 37.6 Å². The minimum Gasteiger partial charge on any atom is -0.492 e. The van der Waals surface area contributed by atoms with Crippen molar-refractivity contribution in [1.29, 1.82) is 0 Å². The molecule has 1 heterocycles. The van der Waals surface area contributed by atoms with Crippen molar-refractivity contribution in [3.05, 3.63) is 29.8 Å². The maximum Gasteiger partial charge on any atom is 0.262 e. The Morgan fingerprint density at radius 2 is 2.09 bits per heavy atom. The molecular formula is C13H15ClF4N2O2. The molecule has 1 fully saturated rings. The highest BCUT2D eigenvalue weighted by atomic mass is 35.5.